The van der Waals surface area contributed by atoms with E-state index in [-0.39, 0.29) is 0 Å². The van der Waals surface area contributed by atoms with Crippen LogP contribution in [0.25, 0.3) is 0 Å². The summed E-state index contributed by atoms with van der Waals surface area (Å²) in [4.78, 5) is 0. The van der Waals surface area contributed by atoms with Gasteiger partial charge in [0.2, 0.25) is 0 Å². The minimum absolute atomic E-state index is 0.648. The summed E-state index contributed by atoms with van der Waals surface area (Å²) in [7, 11) is 1.62. The maximum Gasteiger partial charge on any atom is 0.142 e. The zero-order valence-corrected chi connectivity index (χ0v) is 10.7. The van der Waals surface area contributed by atoms with Gasteiger partial charge in [-0.2, -0.15) is 0 Å². The van der Waals surface area contributed by atoms with Crippen LogP contribution in [0.3, 0.4) is 0 Å². The van der Waals surface area contributed by atoms with Gasteiger partial charge in [0.15, 0.2) is 0 Å². The fourth-order valence-electron chi connectivity index (χ4n) is 1.50. The summed E-state index contributed by atoms with van der Waals surface area (Å²) >= 11 is 11.9. The molecule has 0 radical (unpaired) electrons. The van der Waals surface area contributed by atoms with Crippen LogP contribution < -0.4 is 10.1 Å². The Kier molecular flexibility index (Phi) is 3.77. The fraction of sp³-hybridized carbons (Fsp3) is 0.0769. The smallest absolute Gasteiger partial charge is 0.142 e. The van der Waals surface area contributed by atoms with Crippen LogP contribution in [0.5, 0.6) is 5.75 Å². The van der Waals surface area contributed by atoms with Crippen molar-refractivity contribution < 1.29 is 4.74 Å². The van der Waals surface area contributed by atoms with E-state index in [1.165, 1.54) is 0 Å². The van der Waals surface area contributed by atoms with Crippen molar-refractivity contribution in [2.45, 2.75) is 0 Å². The Morgan fingerprint density at radius 3 is 2.47 bits per heavy atom. The Morgan fingerprint density at radius 1 is 1.00 bits per heavy atom. The van der Waals surface area contributed by atoms with Crippen LogP contribution in [0.2, 0.25) is 10.0 Å². The van der Waals surface area contributed by atoms with Gasteiger partial charge in [0, 0.05) is 15.7 Å². The molecule has 4 heteroatoms. The molecule has 0 aliphatic rings. The lowest BCUT2D eigenvalue weighted by molar-refractivity contribution is 0.417. The Morgan fingerprint density at radius 2 is 1.76 bits per heavy atom. The van der Waals surface area contributed by atoms with Gasteiger partial charge in [-0.1, -0.05) is 29.3 Å². The van der Waals surface area contributed by atoms with Crippen LogP contribution in [0.15, 0.2) is 42.5 Å². The zero-order valence-electron chi connectivity index (χ0n) is 9.21. The number of anilines is 2. The van der Waals surface area contributed by atoms with Crippen LogP contribution in [0.4, 0.5) is 11.4 Å². The highest BCUT2D eigenvalue weighted by atomic mass is 35.5. The third-order valence-electron chi connectivity index (χ3n) is 2.27. The molecular formula is C13H11Cl2NO. The number of benzene rings is 2. The highest BCUT2D eigenvalue weighted by molar-refractivity contribution is 6.31. The van der Waals surface area contributed by atoms with Crippen molar-refractivity contribution in [3.05, 3.63) is 52.5 Å². The SMILES string of the molecule is COc1ccc(Cl)cc1Nc1cccc(Cl)c1. The predicted octanol–water partition coefficient (Wildman–Crippen LogP) is 4.75. The fourth-order valence-corrected chi connectivity index (χ4v) is 1.86. The maximum atomic E-state index is 5.95. The number of methoxy groups -OCH3 is 1. The average molecular weight is 268 g/mol. The number of ether oxygens (including phenoxy) is 1. The number of nitrogens with one attached hydrogen (secondary N) is 1. The summed E-state index contributed by atoms with van der Waals surface area (Å²) in [6.45, 7) is 0. The summed E-state index contributed by atoms with van der Waals surface area (Å²) < 4.78 is 5.25. The largest absolute Gasteiger partial charge is 0.495 e. The molecule has 17 heavy (non-hydrogen) atoms. The molecule has 0 atom stereocenters. The van der Waals surface area contributed by atoms with Gasteiger partial charge in [-0.25, -0.2) is 0 Å². The Labute approximate surface area is 110 Å². The van der Waals surface area contributed by atoms with Gasteiger partial charge in [0.1, 0.15) is 5.75 Å². The molecule has 0 bridgehead atoms. The number of halogens is 2. The van der Waals surface area contributed by atoms with Crippen molar-refractivity contribution >= 4 is 34.6 Å². The highest BCUT2D eigenvalue weighted by Gasteiger charge is 2.04. The molecule has 2 aromatic rings. The summed E-state index contributed by atoms with van der Waals surface area (Å²) in [6, 6.07) is 12.9. The van der Waals surface area contributed by atoms with Crippen molar-refractivity contribution in [2.75, 3.05) is 12.4 Å². The standard InChI is InChI=1S/C13H11Cl2NO/c1-17-13-6-5-10(15)8-12(13)16-11-4-2-3-9(14)7-11/h2-8,16H,1H3. The van der Waals surface area contributed by atoms with Gasteiger partial charge >= 0.3 is 0 Å². The van der Waals surface area contributed by atoms with E-state index in [0.29, 0.717) is 10.0 Å². The van der Waals surface area contributed by atoms with E-state index in [9.17, 15) is 0 Å². The summed E-state index contributed by atoms with van der Waals surface area (Å²) in [6.07, 6.45) is 0. The first-order valence-electron chi connectivity index (χ1n) is 5.05. The normalized spacial score (nSPS) is 10.1. The van der Waals surface area contributed by atoms with Crippen molar-refractivity contribution in [3.63, 3.8) is 0 Å². The second kappa shape index (κ2) is 5.30. The molecule has 0 spiro atoms. The number of hydrogen-bond acceptors (Lipinski definition) is 2. The lowest BCUT2D eigenvalue weighted by Gasteiger charge is -2.11. The van der Waals surface area contributed by atoms with Crippen LogP contribution >= 0.6 is 23.2 Å². The van der Waals surface area contributed by atoms with E-state index in [1.807, 2.05) is 30.3 Å². The monoisotopic (exact) mass is 267 g/mol. The van der Waals surface area contributed by atoms with E-state index >= 15 is 0 Å². The molecule has 0 aliphatic heterocycles. The number of hydrogen-bond donors (Lipinski definition) is 1. The Hall–Kier alpha value is -1.38. The third kappa shape index (κ3) is 3.05. The second-order valence-electron chi connectivity index (χ2n) is 3.48. The van der Waals surface area contributed by atoms with Gasteiger partial charge in [0.25, 0.3) is 0 Å². The van der Waals surface area contributed by atoms with E-state index < -0.39 is 0 Å². The molecule has 0 heterocycles. The Bertz CT molecular complexity index is 529. The molecule has 0 aromatic heterocycles. The quantitative estimate of drug-likeness (QED) is 0.867. The Balaban J connectivity index is 2.32. The van der Waals surface area contributed by atoms with Gasteiger partial charge in [-0.05, 0) is 36.4 Å². The van der Waals surface area contributed by atoms with E-state index in [0.717, 1.165) is 17.1 Å². The first-order chi connectivity index (χ1) is 8.19. The van der Waals surface area contributed by atoms with E-state index in [1.54, 1.807) is 19.2 Å². The molecule has 0 saturated heterocycles. The van der Waals surface area contributed by atoms with Gasteiger partial charge in [0.05, 0.1) is 12.8 Å². The summed E-state index contributed by atoms with van der Waals surface area (Å²) in [5.74, 6) is 0.731. The van der Waals surface area contributed by atoms with Crippen molar-refractivity contribution in [3.8, 4) is 5.75 Å². The predicted molar refractivity (Wildman–Crippen MR) is 72.7 cm³/mol. The molecule has 1 N–H and O–H groups in total. The molecule has 0 fully saturated rings. The van der Waals surface area contributed by atoms with Crippen molar-refractivity contribution in [1.29, 1.82) is 0 Å². The van der Waals surface area contributed by atoms with Crippen LogP contribution in [-0.2, 0) is 0 Å². The molecule has 2 rings (SSSR count). The van der Waals surface area contributed by atoms with E-state index in [4.69, 9.17) is 27.9 Å². The van der Waals surface area contributed by atoms with Crippen LogP contribution in [-0.4, -0.2) is 7.11 Å². The minimum Gasteiger partial charge on any atom is -0.495 e. The van der Waals surface area contributed by atoms with Crippen LogP contribution in [0.1, 0.15) is 0 Å². The zero-order chi connectivity index (χ0) is 12.3. The molecular weight excluding hydrogens is 257 g/mol. The lowest BCUT2D eigenvalue weighted by Crippen LogP contribution is -1.94. The molecule has 0 amide bonds. The minimum atomic E-state index is 0.648. The summed E-state index contributed by atoms with van der Waals surface area (Å²) in [5, 5.41) is 4.54. The topological polar surface area (TPSA) is 21.3 Å². The first-order valence-corrected chi connectivity index (χ1v) is 5.81. The van der Waals surface area contributed by atoms with E-state index in [2.05, 4.69) is 5.32 Å². The molecule has 2 aromatic carbocycles. The first kappa shape index (κ1) is 12.1. The third-order valence-corrected chi connectivity index (χ3v) is 2.74. The van der Waals surface area contributed by atoms with Gasteiger partial charge in [-0.3, -0.25) is 0 Å². The lowest BCUT2D eigenvalue weighted by atomic mass is 10.2. The average Bonchev–Trinajstić information content (AvgIpc) is 2.29. The molecule has 0 aliphatic carbocycles. The van der Waals surface area contributed by atoms with Crippen molar-refractivity contribution in [1.82, 2.24) is 0 Å². The van der Waals surface area contributed by atoms with Crippen molar-refractivity contribution in [2.24, 2.45) is 0 Å². The maximum absolute atomic E-state index is 5.95. The van der Waals surface area contributed by atoms with Crippen LogP contribution in [0, 0.1) is 0 Å². The summed E-state index contributed by atoms with van der Waals surface area (Å²) in [5.41, 5.74) is 1.69. The molecule has 2 nitrogen and oxygen atoms in total. The molecule has 88 valence electrons. The van der Waals surface area contributed by atoms with Gasteiger partial charge < -0.3 is 10.1 Å². The molecule has 0 saturated carbocycles. The second-order valence-corrected chi connectivity index (χ2v) is 4.35. The van der Waals surface area contributed by atoms with Gasteiger partial charge in [-0.15, -0.1) is 0 Å². The highest BCUT2D eigenvalue weighted by Crippen LogP contribution is 2.30. The number of rotatable bonds is 3. The molecule has 0 unspecified atom stereocenters.